The molecule has 0 atom stereocenters. The summed E-state index contributed by atoms with van der Waals surface area (Å²) in [5, 5.41) is 2.25. The molecular weight excluding hydrogens is 679 g/mol. The summed E-state index contributed by atoms with van der Waals surface area (Å²) in [6.07, 6.45) is 0. The number of para-hydroxylation sites is 2. The minimum atomic E-state index is -0.0890. The summed E-state index contributed by atoms with van der Waals surface area (Å²) in [5.74, 6) is 0. The average Bonchev–Trinajstić information content (AvgIpc) is 3.81. The lowest BCUT2D eigenvalue weighted by Gasteiger charge is -2.29. The summed E-state index contributed by atoms with van der Waals surface area (Å²) in [6, 6.07) is 64.5. The summed E-state index contributed by atoms with van der Waals surface area (Å²) < 4.78 is 6.48. The zero-order valence-electron chi connectivity index (χ0n) is 32.1. The van der Waals surface area contributed by atoms with Gasteiger partial charge in [0.25, 0.3) is 0 Å². The fraction of sp³-hybridized carbons (Fsp3) is 0.111. The molecule has 56 heavy (non-hydrogen) atoms. The predicted molar refractivity (Wildman–Crippen MR) is 234 cm³/mol. The number of hydrogen-bond donors (Lipinski definition) is 0. The first kappa shape index (κ1) is 32.8. The van der Waals surface area contributed by atoms with Crippen LogP contribution in [0.4, 0.5) is 17.1 Å². The van der Waals surface area contributed by atoms with Gasteiger partial charge in [-0.25, -0.2) is 0 Å². The smallest absolute Gasteiger partial charge is 0.137 e. The highest BCUT2D eigenvalue weighted by molar-refractivity contribution is 6.06. The van der Waals surface area contributed by atoms with Crippen molar-refractivity contribution in [2.75, 3.05) is 4.90 Å². The molecule has 11 rings (SSSR count). The van der Waals surface area contributed by atoms with Crippen molar-refractivity contribution in [3.05, 3.63) is 198 Å². The molecule has 0 aliphatic heterocycles. The van der Waals surface area contributed by atoms with Crippen LogP contribution < -0.4 is 4.90 Å². The molecule has 0 radical (unpaired) electrons. The van der Waals surface area contributed by atoms with Crippen LogP contribution in [0.15, 0.2) is 180 Å². The van der Waals surface area contributed by atoms with Crippen molar-refractivity contribution in [2.24, 2.45) is 0 Å². The van der Waals surface area contributed by atoms with Gasteiger partial charge in [-0.2, -0.15) is 0 Å². The lowest BCUT2D eigenvalue weighted by atomic mass is 9.81. The van der Waals surface area contributed by atoms with Gasteiger partial charge in [0.1, 0.15) is 11.2 Å². The van der Waals surface area contributed by atoms with Gasteiger partial charge in [0.05, 0.1) is 5.69 Å². The number of rotatable bonds is 5. The topological polar surface area (TPSA) is 16.4 Å². The van der Waals surface area contributed by atoms with Gasteiger partial charge in [0.2, 0.25) is 0 Å². The van der Waals surface area contributed by atoms with E-state index in [0.29, 0.717) is 0 Å². The molecule has 0 amide bonds. The molecular formula is C54H41NO. The first-order chi connectivity index (χ1) is 27.3. The summed E-state index contributed by atoms with van der Waals surface area (Å²) >= 11 is 0. The maximum atomic E-state index is 6.48. The van der Waals surface area contributed by atoms with E-state index < -0.39 is 0 Å². The Hall–Kier alpha value is -6.64. The molecule has 8 aromatic carbocycles. The summed E-state index contributed by atoms with van der Waals surface area (Å²) in [4.78, 5) is 2.40. The molecule has 2 nitrogen and oxygen atoms in total. The molecule has 0 unspecified atom stereocenters. The van der Waals surface area contributed by atoms with E-state index in [9.17, 15) is 0 Å². The van der Waals surface area contributed by atoms with Crippen molar-refractivity contribution in [3.8, 4) is 44.5 Å². The molecule has 0 fully saturated rings. The van der Waals surface area contributed by atoms with E-state index in [2.05, 4.69) is 202 Å². The fourth-order valence-electron chi connectivity index (χ4n) is 9.84. The van der Waals surface area contributed by atoms with Gasteiger partial charge in [-0.1, -0.05) is 155 Å². The highest BCUT2D eigenvalue weighted by Gasteiger charge is 2.37. The highest BCUT2D eigenvalue weighted by atomic mass is 16.3. The number of hydrogen-bond acceptors (Lipinski definition) is 2. The van der Waals surface area contributed by atoms with Crippen molar-refractivity contribution in [3.63, 3.8) is 0 Å². The molecule has 2 heteroatoms. The predicted octanol–water partition coefficient (Wildman–Crippen LogP) is 15.0. The van der Waals surface area contributed by atoms with E-state index in [4.69, 9.17) is 4.42 Å². The Bertz CT molecular complexity index is 3030. The van der Waals surface area contributed by atoms with Crippen LogP contribution in [0.3, 0.4) is 0 Å². The van der Waals surface area contributed by atoms with Crippen molar-refractivity contribution in [1.29, 1.82) is 0 Å². The monoisotopic (exact) mass is 719 g/mol. The van der Waals surface area contributed by atoms with Crippen molar-refractivity contribution >= 4 is 39.0 Å². The molecule has 268 valence electrons. The minimum Gasteiger partial charge on any atom is -0.456 e. The number of nitrogens with zero attached hydrogens (tertiary/aromatic N) is 1. The second-order valence-corrected chi connectivity index (χ2v) is 16.5. The first-order valence-corrected chi connectivity index (χ1v) is 19.7. The average molecular weight is 720 g/mol. The highest BCUT2D eigenvalue weighted by Crippen LogP contribution is 2.54. The number of anilines is 3. The van der Waals surface area contributed by atoms with Crippen LogP contribution in [0.25, 0.3) is 66.4 Å². The summed E-state index contributed by atoms with van der Waals surface area (Å²) in [5.41, 5.74) is 20.6. The Balaban J connectivity index is 1.08. The third-order valence-corrected chi connectivity index (χ3v) is 12.7. The fourth-order valence-corrected chi connectivity index (χ4v) is 9.84. The number of furan rings is 1. The Morgan fingerprint density at radius 1 is 0.375 bits per heavy atom. The number of benzene rings is 8. The van der Waals surface area contributed by atoms with E-state index in [1.807, 2.05) is 6.07 Å². The first-order valence-electron chi connectivity index (χ1n) is 19.7. The van der Waals surface area contributed by atoms with Gasteiger partial charge in [-0.3, -0.25) is 0 Å². The SMILES string of the molecule is CC1(C)c2ccccc2-c2ccc(-c3ccc(N(c4ccc5c(c4)oc4ccccc45)c4ccccc4-c4cccc5c4-c4ccccc4C5(C)C)cc3)cc21. The summed E-state index contributed by atoms with van der Waals surface area (Å²) in [6.45, 7) is 9.40. The van der Waals surface area contributed by atoms with Gasteiger partial charge < -0.3 is 9.32 Å². The molecule has 1 heterocycles. The van der Waals surface area contributed by atoms with Crippen LogP contribution in [0.2, 0.25) is 0 Å². The van der Waals surface area contributed by atoms with Crippen LogP contribution in [0.5, 0.6) is 0 Å². The molecule has 0 saturated heterocycles. The largest absolute Gasteiger partial charge is 0.456 e. The lowest BCUT2D eigenvalue weighted by molar-refractivity contribution is 0.660. The van der Waals surface area contributed by atoms with E-state index >= 15 is 0 Å². The van der Waals surface area contributed by atoms with Crippen LogP contribution in [0.1, 0.15) is 49.9 Å². The molecule has 0 bridgehead atoms. The second-order valence-electron chi connectivity index (χ2n) is 16.5. The Labute approximate surface area is 328 Å². The van der Waals surface area contributed by atoms with E-state index in [1.165, 1.54) is 66.8 Å². The third-order valence-electron chi connectivity index (χ3n) is 12.7. The van der Waals surface area contributed by atoms with Gasteiger partial charge in [-0.15, -0.1) is 0 Å². The molecule has 9 aromatic rings. The quantitative estimate of drug-likeness (QED) is 0.176. The molecule has 0 N–H and O–H groups in total. The van der Waals surface area contributed by atoms with E-state index in [-0.39, 0.29) is 10.8 Å². The Morgan fingerprint density at radius 2 is 0.946 bits per heavy atom. The van der Waals surface area contributed by atoms with Crippen molar-refractivity contribution < 1.29 is 4.42 Å². The second kappa shape index (κ2) is 11.9. The molecule has 2 aliphatic rings. The van der Waals surface area contributed by atoms with Crippen LogP contribution in [-0.4, -0.2) is 0 Å². The maximum Gasteiger partial charge on any atom is 0.137 e. The zero-order valence-corrected chi connectivity index (χ0v) is 32.1. The van der Waals surface area contributed by atoms with Crippen molar-refractivity contribution in [1.82, 2.24) is 0 Å². The normalized spacial score (nSPS) is 14.4. The Kier molecular flexibility index (Phi) is 6.98. The van der Waals surface area contributed by atoms with E-state index in [1.54, 1.807) is 0 Å². The van der Waals surface area contributed by atoms with Crippen molar-refractivity contribution in [2.45, 2.75) is 38.5 Å². The summed E-state index contributed by atoms with van der Waals surface area (Å²) in [7, 11) is 0. The third kappa shape index (κ3) is 4.69. The molecule has 2 aliphatic carbocycles. The zero-order chi connectivity index (χ0) is 37.8. The number of fused-ring (bicyclic) bond motifs is 9. The Morgan fingerprint density at radius 3 is 1.77 bits per heavy atom. The minimum absolute atomic E-state index is 0.0506. The standard InChI is InChI=1S/C54H41NO/c1-53(2)46-20-10-6-17-44(46)52-43(18-13-21-47(52)53)40-15-7-11-22-49(40)55(37-29-31-42-41-16-8-12-23-50(41)56-51(42)33-37)36-27-24-34(25-28-36)35-26-30-39-38-14-5-9-19-45(38)54(3,4)48(39)32-35/h5-33H,1-4H3. The molecule has 0 saturated carbocycles. The van der Waals surface area contributed by atoms with Crippen LogP contribution in [0, 0.1) is 0 Å². The van der Waals surface area contributed by atoms with Gasteiger partial charge >= 0.3 is 0 Å². The van der Waals surface area contributed by atoms with Crippen LogP contribution >= 0.6 is 0 Å². The van der Waals surface area contributed by atoms with Gasteiger partial charge in [0.15, 0.2) is 0 Å². The molecule has 0 spiro atoms. The molecule has 1 aromatic heterocycles. The maximum absolute atomic E-state index is 6.48. The van der Waals surface area contributed by atoms with Gasteiger partial charge in [-0.05, 0) is 104 Å². The van der Waals surface area contributed by atoms with Crippen LogP contribution in [-0.2, 0) is 10.8 Å². The van der Waals surface area contributed by atoms with Gasteiger partial charge in [0, 0.05) is 44.6 Å². The lowest BCUT2D eigenvalue weighted by Crippen LogP contribution is -2.15. The van der Waals surface area contributed by atoms with E-state index in [0.717, 1.165) is 39.0 Å².